The number of rotatable bonds is 6. The summed E-state index contributed by atoms with van der Waals surface area (Å²) in [4.78, 5) is 11.3. The number of ether oxygens (including phenoxy) is 1. The van der Waals surface area contributed by atoms with E-state index in [2.05, 4.69) is 9.46 Å². The smallest absolute Gasteiger partial charge is 0.338 e. The molecule has 0 aliphatic rings. The molecule has 20 heavy (non-hydrogen) atoms. The normalized spacial score (nSPS) is 15.1. The average Bonchev–Trinajstić information content (AvgIpc) is 2.86. The van der Waals surface area contributed by atoms with Gasteiger partial charge in [-0.1, -0.05) is 13.8 Å². The number of aliphatic hydroxyl groups is 1. The molecule has 0 aliphatic carbocycles. The summed E-state index contributed by atoms with van der Waals surface area (Å²) < 4.78 is 31.0. The number of esters is 1. The molecule has 1 aromatic rings. The fourth-order valence-electron chi connectivity index (χ4n) is 1.20. The van der Waals surface area contributed by atoms with Gasteiger partial charge in [-0.3, -0.25) is 0 Å². The van der Waals surface area contributed by atoms with Crippen molar-refractivity contribution in [2.75, 3.05) is 13.7 Å². The second kappa shape index (κ2) is 6.21. The van der Waals surface area contributed by atoms with Crippen LogP contribution in [0.4, 0.5) is 0 Å². The van der Waals surface area contributed by atoms with E-state index in [9.17, 15) is 18.3 Å². The zero-order valence-electron chi connectivity index (χ0n) is 11.8. The molecule has 2 N–H and O–H groups in total. The Bertz CT molecular complexity index is 574. The molecule has 0 aliphatic heterocycles. The van der Waals surface area contributed by atoms with Gasteiger partial charge in [-0.05, 0) is 18.9 Å². The number of nitrogens with one attached hydrogen (secondary N) is 1. The Morgan fingerprint density at radius 2 is 2.15 bits per heavy atom. The molecule has 0 radical (unpaired) electrons. The first-order chi connectivity index (χ1) is 9.10. The minimum atomic E-state index is -3.75. The Balaban J connectivity index is 2.85. The monoisotopic (exact) mass is 321 g/mol. The Morgan fingerprint density at radius 3 is 2.65 bits per heavy atom. The van der Waals surface area contributed by atoms with Crippen molar-refractivity contribution in [3.05, 3.63) is 17.0 Å². The van der Waals surface area contributed by atoms with Crippen LogP contribution in [0.3, 0.4) is 0 Å². The molecule has 0 amide bonds. The summed E-state index contributed by atoms with van der Waals surface area (Å²) in [6.45, 7) is 5.07. The second-order valence-corrected chi connectivity index (χ2v) is 7.89. The molecule has 1 atom stereocenters. The van der Waals surface area contributed by atoms with Crippen LogP contribution in [0.5, 0.6) is 0 Å². The van der Waals surface area contributed by atoms with Gasteiger partial charge in [0.15, 0.2) is 0 Å². The van der Waals surface area contributed by atoms with Crippen molar-refractivity contribution >= 4 is 27.3 Å². The Hall–Kier alpha value is -0.960. The maximum atomic E-state index is 12.1. The maximum Gasteiger partial charge on any atom is 0.338 e. The van der Waals surface area contributed by atoms with Crippen LogP contribution >= 0.6 is 11.3 Å². The zero-order chi connectivity index (χ0) is 15.6. The lowest BCUT2D eigenvalue weighted by Gasteiger charge is -2.27. The topological polar surface area (TPSA) is 92.7 Å². The zero-order valence-corrected chi connectivity index (χ0v) is 13.5. The van der Waals surface area contributed by atoms with E-state index in [1.165, 1.54) is 18.6 Å². The van der Waals surface area contributed by atoms with Crippen molar-refractivity contribution in [3.63, 3.8) is 0 Å². The molecule has 0 saturated carbocycles. The fraction of sp³-hybridized carbons (Fsp3) is 0.583. The van der Waals surface area contributed by atoms with Crippen LogP contribution < -0.4 is 4.72 Å². The van der Waals surface area contributed by atoms with Gasteiger partial charge in [0.25, 0.3) is 0 Å². The molecule has 1 unspecified atom stereocenters. The molecule has 0 spiro atoms. The molecule has 0 aromatic carbocycles. The molecule has 6 nitrogen and oxygen atoms in total. The van der Waals surface area contributed by atoms with E-state index in [4.69, 9.17) is 0 Å². The quantitative estimate of drug-likeness (QED) is 0.769. The number of hydrogen-bond donors (Lipinski definition) is 2. The molecule has 0 saturated heterocycles. The molecule has 1 rings (SSSR count). The summed E-state index contributed by atoms with van der Waals surface area (Å²) in [7, 11) is -2.52. The van der Waals surface area contributed by atoms with Gasteiger partial charge in [0, 0.05) is 11.9 Å². The third-order valence-corrected chi connectivity index (χ3v) is 5.97. The van der Waals surface area contributed by atoms with E-state index in [1.807, 2.05) is 0 Å². The summed E-state index contributed by atoms with van der Waals surface area (Å²) in [6, 6.07) is 1.25. The van der Waals surface area contributed by atoms with Crippen LogP contribution in [-0.4, -0.2) is 38.7 Å². The Kier molecular flexibility index (Phi) is 5.31. The Labute approximate surface area is 122 Å². The average molecular weight is 321 g/mol. The summed E-state index contributed by atoms with van der Waals surface area (Å²) in [5.41, 5.74) is -0.955. The van der Waals surface area contributed by atoms with Gasteiger partial charge in [-0.2, -0.15) is 0 Å². The van der Waals surface area contributed by atoms with Crippen LogP contribution in [0.1, 0.15) is 31.1 Å². The van der Waals surface area contributed by atoms with Gasteiger partial charge in [0.05, 0.1) is 18.3 Å². The predicted molar refractivity (Wildman–Crippen MR) is 76.3 cm³/mol. The van der Waals surface area contributed by atoms with Gasteiger partial charge >= 0.3 is 5.97 Å². The molecule has 0 bridgehead atoms. The largest absolute Gasteiger partial charge is 0.465 e. The predicted octanol–water partition coefficient (Wildman–Crippen LogP) is 1.22. The third-order valence-electron chi connectivity index (χ3n) is 3.13. The first kappa shape index (κ1) is 17.1. The molecular weight excluding hydrogens is 302 g/mol. The van der Waals surface area contributed by atoms with Crippen molar-refractivity contribution in [1.82, 2.24) is 4.72 Å². The standard InChI is InChI=1S/C12H19NO5S2/c1-8(2)12(3,15)7-13-20(16,17)10-5-9(6-19-10)11(14)18-4/h5-6,8,13,15H,7H2,1-4H3. The van der Waals surface area contributed by atoms with Gasteiger partial charge in [0.1, 0.15) is 4.21 Å². The van der Waals surface area contributed by atoms with E-state index >= 15 is 0 Å². The van der Waals surface area contributed by atoms with Gasteiger partial charge < -0.3 is 9.84 Å². The van der Waals surface area contributed by atoms with Gasteiger partial charge in [-0.25, -0.2) is 17.9 Å². The van der Waals surface area contributed by atoms with Crippen molar-refractivity contribution in [1.29, 1.82) is 0 Å². The minimum absolute atomic E-state index is 0.0115. The molecule has 0 fully saturated rings. The van der Waals surface area contributed by atoms with Crippen LogP contribution in [0.2, 0.25) is 0 Å². The highest BCUT2D eigenvalue weighted by molar-refractivity contribution is 7.91. The number of carbonyl (C=O) groups is 1. The molecule has 1 heterocycles. The van der Waals surface area contributed by atoms with Crippen LogP contribution in [-0.2, 0) is 14.8 Å². The van der Waals surface area contributed by atoms with E-state index < -0.39 is 21.6 Å². The van der Waals surface area contributed by atoms with E-state index in [1.54, 1.807) is 20.8 Å². The lowest BCUT2D eigenvalue weighted by Crippen LogP contribution is -2.44. The summed E-state index contributed by atoms with van der Waals surface area (Å²) >= 11 is 0.926. The first-order valence-electron chi connectivity index (χ1n) is 5.99. The van der Waals surface area contributed by atoms with E-state index in [0.29, 0.717) is 0 Å². The highest BCUT2D eigenvalue weighted by Gasteiger charge is 2.28. The lowest BCUT2D eigenvalue weighted by molar-refractivity contribution is 0.0190. The van der Waals surface area contributed by atoms with Gasteiger partial charge in [0.2, 0.25) is 10.0 Å². The molecule has 114 valence electrons. The van der Waals surface area contributed by atoms with E-state index in [0.717, 1.165) is 11.3 Å². The summed E-state index contributed by atoms with van der Waals surface area (Å²) in [5, 5.41) is 11.5. The SMILES string of the molecule is COC(=O)c1csc(S(=O)(=O)NCC(C)(O)C(C)C)c1. The maximum absolute atomic E-state index is 12.1. The third kappa shape index (κ3) is 4.02. The molecule has 8 heteroatoms. The number of hydrogen-bond acceptors (Lipinski definition) is 6. The fourth-order valence-corrected chi connectivity index (χ4v) is 3.54. The first-order valence-corrected chi connectivity index (χ1v) is 8.35. The highest BCUT2D eigenvalue weighted by atomic mass is 32.2. The molecule has 1 aromatic heterocycles. The Morgan fingerprint density at radius 1 is 1.55 bits per heavy atom. The van der Waals surface area contributed by atoms with Crippen molar-refractivity contribution < 1.29 is 23.1 Å². The highest BCUT2D eigenvalue weighted by Crippen LogP contribution is 2.22. The summed E-state index contributed by atoms with van der Waals surface area (Å²) in [6.07, 6.45) is 0. The van der Waals surface area contributed by atoms with Crippen LogP contribution in [0.25, 0.3) is 0 Å². The number of carbonyl (C=O) groups excluding carboxylic acids is 1. The number of thiophene rings is 1. The van der Waals surface area contributed by atoms with Gasteiger partial charge in [-0.15, -0.1) is 11.3 Å². The molecular formula is C12H19NO5S2. The van der Waals surface area contributed by atoms with Crippen molar-refractivity contribution in [2.24, 2.45) is 5.92 Å². The lowest BCUT2D eigenvalue weighted by atomic mass is 9.93. The second-order valence-electron chi connectivity index (χ2n) is 4.98. The minimum Gasteiger partial charge on any atom is -0.465 e. The van der Waals surface area contributed by atoms with Crippen LogP contribution in [0, 0.1) is 5.92 Å². The summed E-state index contributed by atoms with van der Waals surface area (Å²) in [5.74, 6) is -0.684. The number of methoxy groups -OCH3 is 1. The van der Waals surface area contributed by atoms with E-state index in [-0.39, 0.29) is 22.2 Å². The van der Waals surface area contributed by atoms with Crippen molar-refractivity contribution in [3.8, 4) is 0 Å². The van der Waals surface area contributed by atoms with Crippen molar-refractivity contribution in [2.45, 2.75) is 30.6 Å². The number of sulfonamides is 1. The van der Waals surface area contributed by atoms with Crippen LogP contribution in [0.15, 0.2) is 15.7 Å².